The van der Waals surface area contributed by atoms with Crippen LogP contribution in [-0.4, -0.2) is 46.9 Å². The topological polar surface area (TPSA) is 76.1 Å². The van der Waals surface area contributed by atoms with Crippen molar-refractivity contribution >= 4 is 46.3 Å². The molecule has 1 amide bonds. The van der Waals surface area contributed by atoms with Crippen LogP contribution in [0.3, 0.4) is 0 Å². The third kappa shape index (κ3) is 5.61. The van der Waals surface area contributed by atoms with Gasteiger partial charge in [-0.15, -0.1) is 22.7 Å². The largest absolute Gasteiger partial charge is 0.460 e. The molecule has 2 heterocycles. The lowest BCUT2D eigenvalue weighted by molar-refractivity contribution is -0.169. The van der Waals surface area contributed by atoms with E-state index in [1.807, 2.05) is 20.8 Å². The maximum atomic E-state index is 13.1. The van der Waals surface area contributed by atoms with E-state index in [2.05, 4.69) is 0 Å². The summed E-state index contributed by atoms with van der Waals surface area (Å²) in [5.74, 6) is -0.697. The first-order valence-electron chi connectivity index (χ1n) is 10.2. The number of esters is 1. The van der Waals surface area contributed by atoms with E-state index in [0.29, 0.717) is 39.8 Å². The molecule has 3 rings (SSSR count). The monoisotopic (exact) mass is 485 g/mol. The highest BCUT2D eigenvalue weighted by molar-refractivity contribution is 7.16. The van der Waals surface area contributed by atoms with E-state index in [-0.39, 0.29) is 18.2 Å². The van der Waals surface area contributed by atoms with E-state index >= 15 is 0 Å². The molecule has 2 aromatic heterocycles. The highest BCUT2D eigenvalue weighted by Gasteiger charge is 2.45. The van der Waals surface area contributed by atoms with E-state index in [1.165, 1.54) is 11.3 Å². The second-order valence-corrected chi connectivity index (χ2v) is 11.4. The van der Waals surface area contributed by atoms with Crippen molar-refractivity contribution in [1.82, 2.24) is 4.90 Å². The molecule has 1 fully saturated rings. The lowest BCUT2D eigenvalue weighted by Crippen LogP contribution is -2.44. The molecule has 2 aromatic rings. The third-order valence-corrected chi connectivity index (χ3v) is 7.57. The molecule has 1 aliphatic rings. The number of hydrogen-bond acceptors (Lipinski definition) is 7. The van der Waals surface area contributed by atoms with E-state index in [1.54, 1.807) is 41.6 Å². The fourth-order valence-corrected chi connectivity index (χ4v) is 5.61. The summed E-state index contributed by atoms with van der Waals surface area (Å²) in [7, 11) is 1.74. The summed E-state index contributed by atoms with van der Waals surface area (Å²) in [6.07, 6.45) is 1.92. The molecule has 1 unspecified atom stereocenters. The fourth-order valence-electron chi connectivity index (χ4n) is 3.59. The molecular weight excluding hydrogens is 458 g/mol. The molecule has 1 aliphatic carbocycles. The standard InChI is InChI=1S/C22H28ClNO5S2/c1-21(2,3)29-20(26)24(4)14-7-9-15(10-8-14)28-19(25)22(27,16-6-5-13-30-16)17-11-12-18(23)31-17/h5-6,11-15,27H,7-10H2,1-4H3. The molecule has 1 saturated carbocycles. The number of nitrogens with zero attached hydrogens (tertiary/aromatic N) is 1. The first-order valence-corrected chi connectivity index (χ1v) is 12.3. The Labute approximate surface area is 195 Å². The predicted octanol–water partition coefficient (Wildman–Crippen LogP) is 5.42. The second-order valence-electron chi connectivity index (χ2n) is 8.72. The van der Waals surface area contributed by atoms with Gasteiger partial charge in [0.25, 0.3) is 0 Å². The lowest BCUT2D eigenvalue weighted by atomic mass is 9.91. The van der Waals surface area contributed by atoms with Crippen molar-refractivity contribution in [3.8, 4) is 0 Å². The van der Waals surface area contributed by atoms with Gasteiger partial charge in [0.1, 0.15) is 11.7 Å². The molecular formula is C22H28ClNO5S2. The molecule has 6 nitrogen and oxygen atoms in total. The number of rotatable bonds is 5. The van der Waals surface area contributed by atoms with Gasteiger partial charge in [-0.1, -0.05) is 17.7 Å². The summed E-state index contributed by atoms with van der Waals surface area (Å²) in [6.45, 7) is 5.51. The first kappa shape index (κ1) is 24.0. The summed E-state index contributed by atoms with van der Waals surface area (Å²) in [4.78, 5) is 28.0. The van der Waals surface area contributed by atoms with Crippen molar-refractivity contribution in [1.29, 1.82) is 0 Å². The van der Waals surface area contributed by atoms with E-state index in [0.717, 1.165) is 11.3 Å². The van der Waals surface area contributed by atoms with Gasteiger partial charge in [-0.2, -0.15) is 0 Å². The minimum atomic E-state index is -1.88. The van der Waals surface area contributed by atoms with Crippen molar-refractivity contribution in [3.05, 3.63) is 43.7 Å². The highest BCUT2D eigenvalue weighted by Crippen LogP contribution is 2.40. The van der Waals surface area contributed by atoms with Gasteiger partial charge in [0.2, 0.25) is 5.60 Å². The van der Waals surface area contributed by atoms with Crippen LogP contribution in [0.5, 0.6) is 0 Å². The van der Waals surface area contributed by atoms with Crippen LogP contribution in [0.2, 0.25) is 4.34 Å². The van der Waals surface area contributed by atoms with Crippen LogP contribution in [-0.2, 0) is 19.9 Å². The minimum absolute atomic E-state index is 0.0251. The average Bonchev–Trinajstić information content (AvgIpc) is 3.38. The van der Waals surface area contributed by atoms with Gasteiger partial charge in [-0.25, -0.2) is 9.59 Å². The number of amides is 1. The van der Waals surface area contributed by atoms with Crippen molar-refractivity contribution in [2.75, 3.05) is 7.05 Å². The Hall–Kier alpha value is -1.61. The second kappa shape index (κ2) is 9.48. The zero-order valence-electron chi connectivity index (χ0n) is 18.1. The molecule has 0 radical (unpaired) electrons. The van der Waals surface area contributed by atoms with Gasteiger partial charge < -0.3 is 19.5 Å². The maximum absolute atomic E-state index is 13.1. The van der Waals surface area contributed by atoms with E-state index in [4.69, 9.17) is 21.1 Å². The smallest absolute Gasteiger partial charge is 0.410 e. The summed E-state index contributed by atoms with van der Waals surface area (Å²) in [5, 5.41) is 13.2. The normalized spacial score (nSPS) is 21.2. The van der Waals surface area contributed by atoms with Crippen molar-refractivity contribution in [2.45, 2.75) is 69.8 Å². The summed E-state index contributed by atoms with van der Waals surface area (Å²) in [6, 6.07) is 6.83. The maximum Gasteiger partial charge on any atom is 0.410 e. The fraction of sp³-hybridized carbons (Fsp3) is 0.545. The first-order chi connectivity index (χ1) is 14.5. The van der Waals surface area contributed by atoms with Crippen LogP contribution in [0.15, 0.2) is 29.6 Å². The minimum Gasteiger partial charge on any atom is -0.460 e. The van der Waals surface area contributed by atoms with Gasteiger partial charge in [0.15, 0.2) is 0 Å². The zero-order chi connectivity index (χ0) is 22.8. The number of carbonyl (C=O) groups is 2. The molecule has 0 saturated heterocycles. The molecule has 0 aromatic carbocycles. The van der Waals surface area contributed by atoms with E-state index in [9.17, 15) is 14.7 Å². The molecule has 9 heteroatoms. The van der Waals surface area contributed by atoms with Crippen molar-refractivity contribution in [2.24, 2.45) is 0 Å². The molecule has 1 N–H and O–H groups in total. The average molecular weight is 486 g/mol. The Bertz CT molecular complexity index is 899. The number of carbonyl (C=O) groups excluding carboxylic acids is 2. The van der Waals surface area contributed by atoms with Crippen LogP contribution in [0, 0.1) is 0 Å². The van der Waals surface area contributed by atoms with E-state index < -0.39 is 17.2 Å². The van der Waals surface area contributed by atoms with Gasteiger partial charge in [-0.05, 0) is 70.0 Å². The van der Waals surface area contributed by atoms with Crippen LogP contribution >= 0.6 is 34.3 Å². The summed E-state index contributed by atoms with van der Waals surface area (Å²) in [5.41, 5.74) is -2.43. The zero-order valence-corrected chi connectivity index (χ0v) is 20.5. The number of halogens is 1. The van der Waals surface area contributed by atoms with Crippen LogP contribution in [0.4, 0.5) is 4.79 Å². The van der Waals surface area contributed by atoms with Crippen LogP contribution < -0.4 is 0 Å². The Kier molecular flexibility index (Phi) is 7.35. The number of aliphatic hydroxyl groups is 1. The summed E-state index contributed by atoms with van der Waals surface area (Å²) < 4.78 is 11.7. The van der Waals surface area contributed by atoms with Crippen LogP contribution in [0.1, 0.15) is 56.2 Å². The Morgan fingerprint density at radius 2 is 1.81 bits per heavy atom. The molecule has 1 atom stereocenters. The Balaban J connectivity index is 1.64. The van der Waals surface area contributed by atoms with Gasteiger partial charge >= 0.3 is 12.1 Å². The molecule has 0 aliphatic heterocycles. The van der Waals surface area contributed by atoms with Gasteiger partial charge in [0, 0.05) is 13.1 Å². The summed E-state index contributed by atoms with van der Waals surface area (Å²) >= 11 is 8.50. The predicted molar refractivity (Wildman–Crippen MR) is 123 cm³/mol. The number of ether oxygens (including phenoxy) is 2. The number of hydrogen-bond donors (Lipinski definition) is 1. The SMILES string of the molecule is CN(C(=O)OC(C)(C)C)C1CCC(OC(=O)C(O)(c2cccs2)c2ccc(Cl)s2)CC1. The highest BCUT2D eigenvalue weighted by atomic mass is 35.5. The number of thiophene rings is 2. The molecule has 170 valence electrons. The van der Waals surface area contributed by atoms with Gasteiger partial charge in [0.05, 0.1) is 14.1 Å². The van der Waals surface area contributed by atoms with Crippen molar-refractivity contribution < 1.29 is 24.2 Å². The third-order valence-electron chi connectivity index (χ3n) is 5.25. The van der Waals surface area contributed by atoms with Crippen LogP contribution in [0.25, 0.3) is 0 Å². The molecule has 0 bridgehead atoms. The molecule has 0 spiro atoms. The Morgan fingerprint density at radius 3 is 2.32 bits per heavy atom. The Morgan fingerprint density at radius 1 is 1.13 bits per heavy atom. The molecule has 31 heavy (non-hydrogen) atoms. The quantitative estimate of drug-likeness (QED) is 0.572. The lowest BCUT2D eigenvalue weighted by Gasteiger charge is -2.36. The van der Waals surface area contributed by atoms with Crippen molar-refractivity contribution in [3.63, 3.8) is 0 Å². The van der Waals surface area contributed by atoms with Gasteiger partial charge in [-0.3, -0.25) is 0 Å².